The Hall–Kier alpha value is -2.99. The minimum Gasteiger partial charge on any atom is -0.507 e. The van der Waals surface area contributed by atoms with Crippen LogP contribution in [0.5, 0.6) is 0 Å². The van der Waals surface area contributed by atoms with Crippen molar-refractivity contribution in [2.24, 2.45) is 0 Å². The third-order valence-electron chi connectivity index (χ3n) is 5.80. The Labute approximate surface area is 174 Å². The van der Waals surface area contributed by atoms with Gasteiger partial charge in [-0.1, -0.05) is 29.8 Å². The molecule has 2 aromatic carbocycles. The predicted molar refractivity (Wildman–Crippen MR) is 110 cm³/mol. The Morgan fingerprint density at radius 1 is 1.17 bits per heavy atom. The molecule has 0 saturated carbocycles. The highest BCUT2D eigenvalue weighted by Gasteiger charge is 2.47. The average Bonchev–Trinajstić information content (AvgIpc) is 3.32. The maximum atomic E-state index is 13.5. The number of benzene rings is 2. The van der Waals surface area contributed by atoms with Crippen molar-refractivity contribution in [1.82, 2.24) is 4.90 Å². The highest BCUT2D eigenvalue weighted by atomic mass is 19.1. The van der Waals surface area contributed by atoms with E-state index < -0.39 is 23.5 Å². The predicted octanol–water partition coefficient (Wildman–Crippen LogP) is 4.04. The fourth-order valence-corrected chi connectivity index (χ4v) is 4.20. The monoisotopic (exact) mass is 409 g/mol. The number of Topliss-reactive ketones (excluding diaryl/α,β-unsaturated/α-hetero) is 1. The second kappa shape index (κ2) is 8.03. The molecule has 2 aliphatic rings. The van der Waals surface area contributed by atoms with E-state index in [0.717, 1.165) is 24.0 Å². The fraction of sp³-hybridized carbons (Fsp3) is 0.333. The molecule has 156 valence electrons. The fourth-order valence-electron chi connectivity index (χ4n) is 4.20. The lowest BCUT2D eigenvalue weighted by atomic mass is 9.93. The van der Waals surface area contributed by atoms with Crippen LogP contribution in [0.1, 0.15) is 41.1 Å². The lowest BCUT2D eigenvalue weighted by molar-refractivity contribution is -0.140. The van der Waals surface area contributed by atoms with Crippen LogP contribution in [-0.2, 0) is 14.3 Å². The third kappa shape index (κ3) is 3.63. The van der Waals surface area contributed by atoms with E-state index in [1.807, 2.05) is 26.0 Å². The van der Waals surface area contributed by atoms with E-state index in [4.69, 9.17) is 4.74 Å². The number of aryl methyl sites for hydroxylation is 2. The molecule has 2 heterocycles. The molecule has 6 heteroatoms. The summed E-state index contributed by atoms with van der Waals surface area (Å²) in [6.45, 7) is 4.60. The van der Waals surface area contributed by atoms with Crippen LogP contribution in [0.4, 0.5) is 4.39 Å². The number of amides is 1. The molecule has 2 fully saturated rings. The zero-order valence-corrected chi connectivity index (χ0v) is 17.0. The molecule has 1 N–H and O–H groups in total. The number of carbonyl (C=O) groups excluding carboxylic acids is 2. The van der Waals surface area contributed by atoms with Gasteiger partial charge in [-0.2, -0.15) is 0 Å². The number of aliphatic hydroxyl groups is 1. The van der Waals surface area contributed by atoms with Gasteiger partial charge >= 0.3 is 0 Å². The second-order valence-electron chi connectivity index (χ2n) is 7.96. The van der Waals surface area contributed by atoms with Gasteiger partial charge in [0.15, 0.2) is 0 Å². The zero-order chi connectivity index (χ0) is 21.4. The largest absolute Gasteiger partial charge is 0.507 e. The first kappa shape index (κ1) is 20.3. The second-order valence-corrected chi connectivity index (χ2v) is 7.96. The molecule has 1 amide bonds. The molecule has 5 nitrogen and oxygen atoms in total. The smallest absolute Gasteiger partial charge is 0.295 e. The van der Waals surface area contributed by atoms with Gasteiger partial charge in [-0.15, -0.1) is 0 Å². The average molecular weight is 409 g/mol. The summed E-state index contributed by atoms with van der Waals surface area (Å²) in [5.74, 6) is -2.03. The summed E-state index contributed by atoms with van der Waals surface area (Å²) in [6.07, 6.45) is 1.54. The van der Waals surface area contributed by atoms with E-state index >= 15 is 0 Å². The molecule has 4 rings (SSSR count). The first-order valence-corrected chi connectivity index (χ1v) is 10.1. The lowest BCUT2D eigenvalue weighted by Crippen LogP contribution is -2.36. The van der Waals surface area contributed by atoms with Crippen LogP contribution >= 0.6 is 0 Å². The Bertz CT molecular complexity index is 1020. The normalized spacial score (nSPS) is 23.4. The first-order chi connectivity index (χ1) is 14.4. The van der Waals surface area contributed by atoms with E-state index in [9.17, 15) is 19.1 Å². The highest BCUT2D eigenvalue weighted by Crippen LogP contribution is 2.40. The van der Waals surface area contributed by atoms with E-state index in [1.165, 1.54) is 17.0 Å². The molecule has 2 aromatic rings. The van der Waals surface area contributed by atoms with E-state index in [1.54, 1.807) is 18.2 Å². The van der Waals surface area contributed by atoms with E-state index in [0.29, 0.717) is 17.7 Å². The summed E-state index contributed by atoms with van der Waals surface area (Å²) in [6, 6.07) is 10.4. The van der Waals surface area contributed by atoms with Gasteiger partial charge in [0, 0.05) is 18.7 Å². The van der Waals surface area contributed by atoms with Crippen molar-refractivity contribution in [3.05, 3.63) is 76.1 Å². The Morgan fingerprint density at radius 2 is 1.90 bits per heavy atom. The molecule has 0 aromatic heterocycles. The third-order valence-corrected chi connectivity index (χ3v) is 5.80. The van der Waals surface area contributed by atoms with Gasteiger partial charge in [0.1, 0.15) is 11.6 Å². The van der Waals surface area contributed by atoms with Crippen LogP contribution in [-0.4, -0.2) is 41.0 Å². The summed E-state index contributed by atoms with van der Waals surface area (Å²) in [7, 11) is 0. The van der Waals surface area contributed by atoms with Crippen LogP contribution in [0, 0.1) is 19.7 Å². The van der Waals surface area contributed by atoms with Gasteiger partial charge in [-0.3, -0.25) is 9.59 Å². The molecule has 2 aliphatic heterocycles. The van der Waals surface area contributed by atoms with Gasteiger partial charge in [0.05, 0.1) is 17.7 Å². The van der Waals surface area contributed by atoms with Crippen molar-refractivity contribution in [1.29, 1.82) is 0 Å². The van der Waals surface area contributed by atoms with Crippen molar-refractivity contribution in [2.75, 3.05) is 13.2 Å². The van der Waals surface area contributed by atoms with Crippen LogP contribution in [0.2, 0.25) is 0 Å². The molecule has 30 heavy (non-hydrogen) atoms. The number of rotatable bonds is 4. The number of hydrogen-bond acceptors (Lipinski definition) is 4. The zero-order valence-electron chi connectivity index (χ0n) is 17.0. The van der Waals surface area contributed by atoms with Crippen LogP contribution in [0.15, 0.2) is 48.0 Å². The summed E-state index contributed by atoms with van der Waals surface area (Å²) in [4.78, 5) is 27.4. The maximum Gasteiger partial charge on any atom is 0.295 e. The van der Waals surface area contributed by atoms with E-state index in [-0.39, 0.29) is 24.0 Å². The van der Waals surface area contributed by atoms with Gasteiger partial charge in [-0.25, -0.2) is 4.39 Å². The van der Waals surface area contributed by atoms with Crippen molar-refractivity contribution >= 4 is 17.4 Å². The van der Waals surface area contributed by atoms with Crippen molar-refractivity contribution in [3.63, 3.8) is 0 Å². The van der Waals surface area contributed by atoms with Crippen molar-refractivity contribution < 1.29 is 23.8 Å². The van der Waals surface area contributed by atoms with Crippen LogP contribution in [0.3, 0.4) is 0 Å². The van der Waals surface area contributed by atoms with Gasteiger partial charge in [0.25, 0.3) is 11.7 Å². The molecule has 0 aliphatic carbocycles. The number of halogens is 1. The van der Waals surface area contributed by atoms with Crippen molar-refractivity contribution in [2.45, 2.75) is 38.8 Å². The molecule has 0 spiro atoms. The summed E-state index contributed by atoms with van der Waals surface area (Å²) < 4.78 is 19.2. The van der Waals surface area contributed by atoms with E-state index in [2.05, 4.69) is 0 Å². The molecule has 2 saturated heterocycles. The van der Waals surface area contributed by atoms with Crippen molar-refractivity contribution in [3.8, 4) is 0 Å². The highest BCUT2D eigenvalue weighted by molar-refractivity contribution is 6.46. The first-order valence-electron chi connectivity index (χ1n) is 10.1. The Kier molecular flexibility index (Phi) is 5.43. The molecule has 0 radical (unpaired) electrons. The maximum absolute atomic E-state index is 13.5. The SMILES string of the molecule is Cc1ccc(C)c(/C(O)=C2\C(=O)C(=O)N(CC3CCCO3)C2c2ccc(F)cc2)c1. The molecular weight excluding hydrogens is 385 g/mol. The Morgan fingerprint density at radius 3 is 2.57 bits per heavy atom. The number of hydrogen-bond donors (Lipinski definition) is 1. The summed E-state index contributed by atoms with van der Waals surface area (Å²) >= 11 is 0. The topological polar surface area (TPSA) is 66.8 Å². The van der Waals surface area contributed by atoms with Gasteiger partial charge < -0.3 is 14.7 Å². The molecular formula is C24H24FNO4. The molecule has 0 bridgehead atoms. The number of likely N-dealkylation sites (tertiary alicyclic amines) is 1. The number of nitrogens with zero attached hydrogens (tertiary/aromatic N) is 1. The van der Waals surface area contributed by atoms with Gasteiger partial charge in [0.2, 0.25) is 0 Å². The van der Waals surface area contributed by atoms with Crippen LogP contribution in [0.25, 0.3) is 5.76 Å². The number of carbonyl (C=O) groups is 2. The Balaban J connectivity index is 1.86. The lowest BCUT2D eigenvalue weighted by Gasteiger charge is -2.27. The molecule has 2 atom stereocenters. The minimum atomic E-state index is -0.797. The van der Waals surface area contributed by atoms with Gasteiger partial charge in [-0.05, 0) is 56.0 Å². The number of ether oxygens (including phenoxy) is 1. The summed E-state index contributed by atoms with van der Waals surface area (Å²) in [5, 5.41) is 11.2. The number of ketones is 1. The summed E-state index contributed by atoms with van der Waals surface area (Å²) in [5.41, 5.74) is 2.83. The molecule has 2 unspecified atom stereocenters. The quantitative estimate of drug-likeness (QED) is 0.470. The standard InChI is InChI=1S/C24H24FNO4/c1-14-5-6-15(2)19(12-14)22(27)20-21(16-7-9-17(25)10-8-16)26(24(29)23(20)28)13-18-4-3-11-30-18/h5-10,12,18,21,27H,3-4,11,13H2,1-2H3/b22-20+. The number of aliphatic hydroxyl groups excluding tert-OH is 1. The minimum absolute atomic E-state index is 0.0262. The van der Waals surface area contributed by atoms with Crippen LogP contribution < -0.4 is 0 Å².